The number of carboxylic acids is 1. The lowest BCUT2D eigenvalue weighted by molar-refractivity contribution is -0.136. The van der Waals surface area contributed by atoms with E-state index in [1.807, 2.05) is 30.3 Å². The van der Waals surface area contributed by atoms with E-state index in [0.29, 0.717) is 30.5 Å². The summed E-state index contributed by atoms with van der Waals surface area (Å²) < 4.78 is 34.8. The second-order valence-corrected chi connectivity index (χ2v) is 13.6. The molecule has 4 aromatic heterocycles. The van der Waals surface area contributed by atoms with Crippen LogP contribution >= 0.6 is 11.8 Å². The van der Waals surface area contributed by atoms with Crippen molar-refractivity contribution in [3.05, 3.63) is 54.5 Å². The predicted molar refractivity (Wildman–Crippen MR) is 184 cm³/mol. The Morgan fingerprint density at radius 1 is 1.20 bits per heavy atom. The molecule has 5 rings (SSSR count). The largest absolute Gasteiger partial charge is 0.480 e. The standard InChI is InChI=1S/C29H31N13O5S2/c1-4-49(45,46)41-25-22(24(31-10-7-13-48-17(2)27(43)44)35-29(36-25)37-28-32-11-12-33-28)38-39-23-20(15-30)26(47-3)42(40-23)21-14-18-8-5-6-9-19(18)16-34-21/h5-6,8-9,11-12,14,16-17H,4,7,10,13H2,1-3H3,(H,43,44)(H4,31,32,33,35,36,37,41). The van der Waals surface area contributed by atoms with E-state index in [4.69, 9.17) is 4.74 Å². The van der Waals surface area contributed by atoms with Crippen molar-refractivity contribution >= 4 is 73.6 Å². The number of ether oxygens (including phenoxy) is 1. The van der Waals surface area contributed by atoms with Gasteiger partial charge < -0.3 is 20.1 Å². The Bertz CT molecular complexity index is 2130. The third-order valence-corrected chi connectivity index (χ3v) is 9.27. The number of H-pyrrole nitrogens is 1. The van der Waals surface area contributed by atoms with E-state index in [9.17, 15) is 23.6 Å². The first-order valence-electron chi connectivity index (χ1n) is 14.7. The second-order valence-electron chi connectivity index (χ2n) is 10.1. The molecule has 5 N–H and O–H groups in total. The van der Waals surface area contributed by atoms with E-state index in [-0.39, 0.29) is 46.3 Å². The van der Waals surface area contributed by atoms with Crippen molar-refractivity contribution in [1.82, 2.24) is 34.7 Å². The fourth-order valence-corrected chi connectivity index (χ4v) is 5.65. The molecule has 0 spiro atoms. The number of thioether (sulfide) groups is 1. The van der Waals surface area contributed by atoms with Crippen molar-refractivity contribution < 1.29 is 23.1 Å². The summed E-state index contributed by atoms with van der Waals surface area (Å²) in [5.41, 5.74) is -0.150. The zero-order chi connectivity index (χ0) is 35.0. The maximum atomic E-state index is 12.8. The number of hydrogen-bond donors (Lipinski definition) is 5. The van der Waals surface area contributed by atoms with Gasteiger partial charge >= 0.3 is 5.97 Å². The smallest absolute Gasteiger partial charge is 0.316 e. The van der Waals surface area contributed by atoms with Crippen molar-refractivity contribution in [3.8, 4) is 17.8 Å². The van der Waals surface area contributed by atoms with Gasteiger partial charge in [-0.3, -0.25) is 14.8 Å². The minimum atomic E-state index is -3.87. The molecule has 20 heteroatoms. The van der Waals surface area contributed by atoms with Gasteiger partial charge in [0.25, 0.3) is 0 Å². The topological polar surface area (TPSA) is 250 Å². The molecule has 0 amide bonds. The Labute approximate surface area is 284 Å². The molecule has 0 saturated carbocycles. The maximum absolute atomic E-state index is 12.8. The third-order valence-electron chi connectivity index (χ3n) is 6.78. The number of imidazole rings is 1. The van der Waals surface area contributed by atoms with Crippen molar-refractivity contribution in [2.45, 2.75) is 25.5 Å². The quantitative estimate of drug-likeness (QED) is 0.0687. The van der Waals surface area contributed by atoms with Gasteiger partial charge in [0.05, 0.1) is 18.1 Å². The number of azo groups is 1. The number of nitriles is 1. The maximum Gasteiger partial charge on any atom is 0.316 e. The number of carboxylic acid groups (broad SMARTS) is 1. The van der Waals surface area contributed by atoms with Crippen LogP contribution in [0.4, 0.5) is 35.0 Å². The summed E-state index contributed by atoms with van der Waals surface area (Å²) in [7, 11) is -2.49. The van der Waals surface area contributed by atoms with E-state index in [2.05, 4.69) is 55.6 Å². The first-order chi connectivity index (χ1) is 23.6. The molecule has 0 aliphatic rings. The SMILES string of the molecule is CCS(=O)(=O)Nc1nc(Nc2ncc[nH]2)nc(NCCCSC(C)C(=O)O)c1N=Nc1nn(-c2cc3ccccc3cn2)c(OC)c1C#N. The van der Waals surface area contributed by atoms with Gasteiger partial charge in [0, 0.05) is 30.5 Å². The number of nitrogens with one attached hydrogen (secondary N) is 4. The van der Waals surface area contributed by atoms with Crippen LogP contribution in [0, 0.1) is 11.3 Å². The summed E-state index contributed by atoms with van der Waals surface area (Å²) in [6, 6.07) is 11.4. The van der Waals surface area contributed by atoms with Crippen molar-refractivity contribution in [3.63, 3.8) is 0 Å². The van der Waals surface area contributed by atoms with Crippen molar-refractivity contribution in [2.75, 3.05) is 40.5 Å². The van der Waals surface area contributed by atoms with Gasteiger partial charge in [0.1, 0.15) is 6.07 Å². The molecule has 18 nitrogen and oxygen atoms in total. The average Bonchev–Trinajstić information content (AvgIpc) is 3.74. The zero-order valence-electron chi connectivity index (χ0n) is 26.4. The van der Waals surface area contributed by atoms with E-state index in [0.717, 1.165) is 10.8 Å². The highest BCUT2D eigenvalue weighted by molar-refractivity contribution is 8.00. The molecule has 254 valence electrons. The highest BCUT2D eigenvalue weighted by atomic mass is 32.2. The van der Waals surface area contributed by atoms with Gasteiger partial charge in [0.15, 0.2) is 28.7 Å². The van der Waals surface area contributed by atoms with Gasteiger partial charge in [-0.05, 0) is 37.5 Å². The van der Waals surface area contributed by atoms with Gasteiger partial charge in [-0.2, -0.15) is 19.9 Å². The molecule has 0 fully saturated rings. The summed E-state index contributed by atoms with van der Waals surface area (Å²) >= 11 is 1.27. The number of aliphatic carboxylic acids is 1. The Kier molecular flexibility index (Phi) is 10.8. The first-order valence-corrected chi connectivity index (χ1v) is 17.4. The normalized spacial score (nSPS) is 12.1. The Morgan fingerprint density at radius 3 is 2.67 bits per heavy atom. The van der Waals surface area contributed by atoms with Crippen LogP contribution in [0.5, 0.6) is 5.88 Å². The summed E-state index contributed by atoms with van der Waals surface area (Å²) in [6.45, 7) is 3.36. The van der Waals surface area contributed by atoms with E-state index >= 15 is 0 Å². The van der Waals surface area contributed by atoms with Crippen LogP contribution in [0.15, 0.2) is 59.2 Å². The molecule has 0 saturated heterocycles. The van der Waals surface area contributed by atoms with E-state index in [1.165, 1.54) is 36.7 Å². The number of pyridine rings is 1. The van der Waals surface area contributed by atoms with Crippen LogP contribution in [-0.4, -0.2) is 84.6 Å². The zero-order valence-corrected chi connectivity index (χ0v) is 28.1. The molecule has 1 unspecified atom stereocenters. The van der Waals surface area contributed by atoms with Gasteiger partial charge in [-0.1, -0.05) is 24.3 Å². The number of benzene rings is 1. The number of sulfonamides is 1. The van der Waals surface area contributed by atoms with Gasteiger partial charge in [-0.15, -0.1) is 27.1 Å². The highest BCUT2D eigenvalue weighted by Crippen LogP contribution is 2.37. The third kappa shape index (κ3) is 8.38. The summed E-state index contributed by atoms with van der Waals surface area (Å²) in [5, 5.41) is 39.4. The second kappa shape index (κ2) is 15.4. The first kappa shape index (κ1) is 34.5. The Morgan fingerprint density at radius 2 is 1.98 bits per heavy atom. The van der Waals surface area contributed by atoms with Crippen molar-refractivity contribution in [1.29, 1.82) is 5.26 Å². The van der Waals surface area contributed by atoms with E-state index < -0.39 is 21.2 Å². The molecular weight excluding hydrogens is 675 g/mol. The van der Waals surface area contributed by atoms with Crippen molar-refractivity contribution in [2.24, 2.45) is 10.2 Å². The number of aromatic nitrogens is 7. The summed E-state index contributed by atoms with van der Waals surface area (Å²) in [5.74, 6) is -0.244. The fraction of sp³-hybridized carbons (Fsp3) is 0.276. The van der Waals surface area contributed by atoms with Crippen LogP contribution in [-0.2, 0) is 14.8 Å². The highest BCUT2D eigenvalue weighted by Gasteiger charge is 2.23. The lowest BCUT2D eigenvalue weighted by Gasteiger charge is -2.14. The van der Waals surface area contributed by atoms with Crippen LogP contribution in [0.25, 0.3) is 16.6 Å². The molecule has 1 aromatic carbocycles. The lowest BCUT2D eigenvalue weighted by Crippen LogP contribution is -2.17. The molecule has 5 aromatic rings. The Balaban J connectivity index is 1.56. The average molecular weight is 706 g/mol. The molecule has 4 heterocycles. The van der Waals surface area contributed by atoms with Crippen LogP contribution in [0.2, 0.25) is 0 Å². The number of carbonyl (C=O) groups is 1. The minimum Gasteiger partial charge on any atom is -0.480 e. The van der Waals surface area contributed by atoms with Crippen LogP contribution < -0.4 is 20.1 Å². The fourth-order valence-electron chi connectivity index (χ4n) is 4.26. The Hall–Kier alpha value is -5.81. The molecule has 0 radical (unpaired) electrons. The molecular formula is C29H31N13O5S2. The van der Waals surface area contributed by atoms with Gasteiger partial charge in [0.2, 0.25) is 33.6 Å². The number of nitrogens with zero attached hydrogens (tertiary/aromatic N) is 9. The minimum absolute atomic E-state index is 0.0230. The molecule has 49 heavy (non-hydrogen) atoms. The number of hydrogen-bond acceptors (Lipinski definition) is 15. The molecule has 0 aliphatic carbocycles. The predicted octanol–water partition coefficient (Wildman–Crippen LogP) is 4.74. The summed E-state index contributed by atoms with van der Waals surface area (Å²) in [6.07, 6.45) is 5.28. The number of methoxy groups -OCH3 is 1. The molecule has 0 bridgehead atoms. The molecule has 0 aliphatic heterocycles. The van der Waals surface area contributed by atoms with Gasteiger partial charge in [-0.25, -0.2) is 18.4 Å². The van der Waals surface area contributed by atoms with Crippen LogP contribution in [0.3, 0.4) is 0 Å². The number of rotatable bonds is 16. The number of aromatic amines is 1. The number of anilines is 4. The van der Waals surface area contributed by atoms with Crippen LogP contribution in [0.1, 0.15) is 25.8 Å². The van der Waals surface area contributed by atoms with E-state index in [1.54, 1.807) is 25.4 Å². The lowest BCUT2D eigenvalue weighted by atomic mass is 10.2. The molecule has 1 atom stereocenters. The number of fused-ring (bicyclic) bond motifs is 1. The monoisotopic (exact) mass is 705 g/mol. The summed E-state index contributed by atoms with van der Waals surface area (Å²) in [4.78, 5) is 31.4.